The quantitative estimate of drug-likeness (QED) is 0.441. The number of hydrogen-bond donors (Lipinski definition) is 1. The maximum atomic E-state index is 12.9. The van der Waals surface area contributed by atoms with E-state index in [0.717, 1.165) is 6.54 Å². The van der Waals surface area contributed by atoms with Crippen molar-refractivity contribution in [1.82, 2.24) is 14.8 Å². The van der Waals surface area contributed by atoms with Crippen LogP contribution < -0.4 is 4.74 Å². The maximum absolute atomic E-state index is 12.9. The molecule has 1 N–H and O–H groups in total. The molecule has 1 aromatic heterocycles. The molecular formula is C22H25N3O4. The SMILES string of the molecule is COc1cccc(C(O)=C2C(=O)C(=O)N(CCCN(C)C)[C@H]2c2ccccn2)c1. The Morgan fingerprint density at radius 2 is 2.00 bits per heavy atom. The van der Waals surface area contributed by atoms with Gasteiger partial charge in [0.05, 0.1) is 18.4 Å². The number of hydrogen-bond acceptors (Lipinski definition) is 6. The number of likely N-dealkylation sites (tertiary alicyclic amines) is 1. The molecule has 1 saturated heterocycles. The van der Waals surface area contributed by atoms with Crippen LogP contribution in [0.1, 0.15) is 23.7 Å². The molecule has 2 aromatic rings. The fourth-order valence-corrected chi connectivity index (χ4v) is 3.44. The lowest BCUT2D eigenvalue weighted by atomic mass is 9.98. The molecule has 29 heavy (non-hydrogen) atoms. The minimum atomic E-state index is -0.732. The van der Waals surface area contributed by atoms with E-state index in [2.05, 4.69) is 4.98 Å². The van der Waals surface area contributed by atoms with Gasteiger partial charge in [-0.15, -0.1) is 0 Å². The van der Waals surface area contributed by atoms with E-state index < -0.39 is 17.7 Å². The average molecular weight is 395 g/mol. The Morgan fingerprint density at radius 3 is 2.66 bits per heavy atom. The van der Waals surface area contributed by atoms with Gasteiger partial charge in [0, 0.05) is 18.3 Å². The molecule has 7 heteroatoms. The van der Waals surface area contributed by atoms with Crippen LogP contribution in [-0.4, -0.2) is 65.9 Å². The van der Waals surface area contributed by atoms with E-state index in [1.807, 2.05) is 19.0 Å². The summed E-state index contributed by atoms with van der Waals surface area (Å²) in [7, 11) is 5.43. The van der Waals surface area contributed by atoms with E-state index in [1.165, 1.54) is 12.0 Å². The highest BCUT2D eigenvalue weighted by atomic mass is 16.5. The van der Waals surface area contributed by atoms with E-state index >= 15 is 0 Å². The Kier molecular flexibility index (Phi) is 6.29. The fraction of sp³-hybridized carbons (Fsp3) is 0.318. The number of ether oxygens (including phenoxy) is 1. The smallest absolute Gasteiger partial charge is 0.295 e. The lowest BCUT2D eigenvalue weighted by Gasteiger charge is -2.25. The summed E-state index contributed by atoms with van der Waals surface area (Å²) in [6.45, 7) is 1.16. The largest absolute Gasteiger partial charge is 0.507 e. The molecule has 0 unspecified atom stereocenters. The van der Waals surface area contributed by atoms with Gasteiger partial charge in [-0.2, -0.15) is 0 Å². The van der Waals surface area contributed by atoms with Gasteiger partial charge in [0.2, 0.25) is 0 Å². The number of carbonyl (C=O) groups is 2. The normalized spacial score (nSPS) is 18.5. The number of methoxy groups -OCH3 is 1. The van der Waals surface area contributed by atoms with Crippen LogP contribution in [0.25, 0.3) is 5.76 Å². The first-order chi connectivity index (χ1) is 13.9. The highest BCUT2D eigenvalue weighted by molar-refractivity contribution is 6.46. The Balaban J connectivity index is 2.07. The van der Waals surface area contributed by atoms with Gasteiger partial charge in [0.1, 0.15) is 17.6 Å². The highest BCUT2D eigenvalue weighted by Crippen LogP contribution is 2.38. The first-order valence-electron chi connectivity index (χ1n) is 9.42. The minimum absolute atomic E-state index is 0.0480. The summed E-state index contributed by atoms with van der Waals surface area (Å²) in [6.07, 6.45) is 2.31. The zero-order chi connectivity index (χ0) is 21.0. The number of aliphatic hydroxyl groups is 1. The number of pyridine rings is 1. The predicted molar refractivity (Wildman–Crippen MR) is 109 cm³/mol. The van der Waals surface area contributed by atoms with Gasteiger partial charge in [0.25, 0.3) is 11.7 Å². The molecule has 0 bridgehead atoms. The van der Waals surface area contributed by atoms with Crippen molar-refractivity contribution in [3.8, 4) is 5.75 Å². The first kappa shape index (κ1) is 20.5. The second kappa shape index (κ2) is 8.87. The second-order valence-electron chi connectivity index (χ2n) is 7.14. The summed E-state index contributed by atoms with van der Waals surface area (Å²) in [5, 5.41) is 11.0. The molecule has 7 nitrogen and oxygen atoms in total. The van der Waals surface area contributed by atoms with Crippen molar-refractivity contribution in [2.75, 3.05) is 34.3 Å². The molecule has 1 amide bonds. The number of carbonyl (C=O) groups excluding carboxylic acids is 2. The topological polar surface area (TPSA) is 83.0 Å². The fourth-order valence-electron chi connectivity index (χ4n) is 3.44. The third kappa shape index (κ3) is 4.30. The first-order valence-corrected chi connectivity index (χ1v) is 9.42. The Labute approximate surface area is 170 Å². The molecule has 0 spiro atoms. The minimum Gasteiger partial charge on any atom is -0.507 e. The van der Waals surface area contributed by atoms with Crippen molar-refractivity contribution in [2.24, 2.45) is 0 Å². The summed E-state index contributed by atoms with van der Waals surface area (Å²) in [5.74, 6) is -1.01. The molecule has 1 atom stereocenters. The van der Waals surface area contributed by atoms with Crippen molar-refractivity contribution >= 4 is 17.4 Å². The number of amides is 1. The molecule has 1 aromatic carbocycles. The van der Waals surface area contributed by atoms with Crippen molar-refractivity contribution in [1.29, 1.82) is 0 Å². The van der Waals surface area contributed by atoms with Crippen LogP contribution in [-0.2, 0) is 9.59 Å². The zero-order valence-electron chi connectivity index (χ0n) is 16.8. The lowest BCUT2D eigenvalue weighted by molar-refractivity contribution is -0.140. The van der Waals surface area contributed by atoms with Crippen molar-refractivity contribution < 1.29 is 19.4 Å². The van der Waals surface area contributed by atoms with Crippen LogP contribution in [0.3, 0.4) is 0 Å². The second-order valence-corrected chi connectivity index (χ2v) is 7.14. The molecule has 1 fully saturated rings. The summed E-state index contributed by atoms with van der Waals surface area (Å²) in [6, 6.07) is 11.4. The molecular weight excluding hydrogens is 370 g/mol. The predicted octanol–water partition coefficient (Wildman–Crippen LogP) is 2.46. The van der Waals surface area contributed by atoms with Crippen LogP contribution in [0.2, 0.25) is 0 Å². The van der Waals surface area contributed by atoms with Crippen molar-refractivity contribution in [2.45, 2.75) is 12.5 Å². The van der Waals surface area contributed by atoms with E-state index in [1.54, 1.807) is 48.7 Å². The highest BCUT2D eigenvalue weighted by Gasteiger charge is 2.46. The molecule has 0 radical (unpaired) electrons. The number of Topliss-reactive ketones (excluding diaryl/α,β-unsaturated/α-hetero) is 1. The van der Waals surface area contributed by atoms with Gasteiger partial charge in [-0.3, -0.25) is 14.6 Å². The molecule has 3 rings (SSSR count). The number of benzene rings is 1. The van der Waals surface area contributed by atoms with E-state index in [-0.39, 0.29) is 11.3 Å². The zero-order valence-corrected chi connectivity index (χ0v) is 16.8. The van der Waals surface area contributed by atoms with E-state index in [9.17, 15) is 14.7 Å². The molecule has 1 aliphatic rings. The van der Waals surface area contributed by atoms with Gasteiger partial charge in [-0.05, 0) is 51.3 Å². The molecule has 152 valence electrons. The van der Waals surface area contributed by atoms with Crippen LogP contribution >= 0.6 is 0 Å². The van der Waals surface area contributed by atoms with Gasteiger partial charge in [-0.1, -0.05) is 18.2 Å². The van der Waals surface area contributed by atoms with Gasteiger partial charge < -0.3 is 19.6 Å². The Bertz CT molecular complexity index is 925. The van der Waals surface area contributed by atoms with Crippen LogP contribution in [0.5, 0.6) is 5.75 Å². The third-order valence-electron chi connectivity index (χ3n) is 4.86. The van der Waals surface area contributed by atoms with Crippen LogP contribution in [0.4, 0.5) is 0 Å². The number of rotatable bonds is 7. The standard InChI is InChI=1S/C22H25N3O4/c1-24(2)12-7-13-25-19(17-10-4-5-11-23-17)18(21(27)22(25)28)20(26)15-8-6-9-16(14-15)29-3/h4-6,8-11,14,19,26H,7,12-13H2,1-3H3/t19-/m0/s1. The number of aromatic nitrogens is 1. The average Bonchev–Trinajstić information content (AvgIpc) is 2.98. The number of aliphatic hydroxyl groups excluding tert-OH is 1. The Morgan fingerprint density at radius 1 is 1.21 bits per heavy atom. The van der Waals surface area contributed by atoms with E-state index in [0.29, 0.717) is 30.0 Å². The van der Waals surface area contributed by atoms with E-state index in [4.69, 9.17) is 4.74 Å². The summed E-state index contributed by atoms with van der Waals surface area (Å²) < 4.78 is 5.21. The third-order valence-corrected chi connectivity index (χ3v) is 4.86. The van der Waals surface area contributed by atoms with Gasteiger partial charge >= 0.3 is 0 Å². The van der Waals surface area contributed by atoms with Crippen molar-refractivity contribution in [3.63, 3.8) is 0 Å². The lowest BCUT2D eigenvalue weighted by Crippen LogP contribution is -2.32. The molecule has 1 aliphatic heterocycles. The molecule has 2 heterocycles. The Hall–Kier alpha value is -3.19. The summed E-state index contributed by atoms with van der Waals surface area (Å²) in [4.78, 5) is 33.6. The summed E-state index contributed by atoms with van der Waals surface area (Å²) >= 11 is 0. The molecule has 0 saturated carbocycles. The van der Waals surface area contributed by atoms with Crippen LogP contribution in [0.15, 0.2) is 54.2 Å². The summed E-state index contributed by atoms with van der Waals surface area (Å²) in [5.41, 5.74) is 1.00. The van der Waals surface area contributed by atoms with Crippen LogP contribution in [0, 0.1) is 0 Å². The van der Waals surface area contributed by atoms with Gasteiger partial charge in [-0.25, -0.2) is 0 Å². The molecule has 0 aliphatic carbocycles. The maximum Gasteiger partial charge on any atom is 0.295 e. The van der Waals surface area contributed by atoms with Crippen molar-refractivity contribution in [3.05, 3.63) is 65.5 Å². The monoisotopic (exact) mass is 395 g/mol. The number of nitrogens with zero attached hydrogens (tertiary/aromatic N) is 3. The van der Waals surface area contributed by atoms with Gasteiger partial charge in [0.15, 0.2) is 0 Å². The number of ketones is 1.